The van der Waals surface area contributed by atoms with Crippen LogP contribution in [0.1, 0.15) is 36.2 Å². The second-order valence-electron chi connectivity index (χ2n) is 8.21. The SMILES string of the molecule is COC(=O)c1ccc2c(c1)NC(=O)C2=C(C)Nc1ccc(N(CCCN(C)C)C(C)=O)cc1. The van der Waals surface area contributed by atoms with Gasteiger partial charge in [-0.05, 0) is 70.4 Å². The highest BCUT2D eigenvalue weighted by atomic mass is 16.5. The highest BCUT2D eigenvalue weighted by Crippen LogP contribution is 2.35. The first kappa shape index (κ1) is 24.0. The molecule has 0 unspecified atom stereocenters. The third-order valence-corrected chi connectivity index (χ3v) is 5.44. The number of hydrogen-bond donors (Lipinski definition) is 2. The average Bonchev–Trinajstić information content (AvgIpc) is 3.11. The number of benzene rings is 2. The molecule has 0 radical (unpaired) electrons. The van der Waals surface area contributed by atoms with Crippen molar-refractivity contribution >= 4 is 40.4 Å². The lowest BCUT2D eigenvalue weighted by atomic mass is 10.0. The van der Waals surface area contributed by atoms with Crippen LogP contribution in [-0.4, -0.2) is 57.0 Å². The van der Waals surface area contributed by atoms with Crippen molar-refractivity contribution < 1.29 is 19.1 Å². The fraction of sp³-hybridized carbons (Fsp3) is 0.320. The Bertz CT molecular complexity index is 1090. The van der Waals surface area contributed by atoms with E-state index in [9.17, 15) is 14.4 Å². The van der Waals surface area contributed by atoms with E-state index in [1.165, 1.54) is 7.11 Å². The number of allylic oxidation sites excluding steroid dienone is 1. The molecule has 0 spiro atoms. The van der Waals surface area contributed by atoms with Crippen molar-refractivity contribution in [3.63, 3.8) is 0 Å². The van der Waals surface area contributed by atoms with E-state index < -0.39 is 5.97 Å². The van der Waals surface area contributed by atoms with Crippen molar-refractivity contribution in [1.82, 2.24) is 4.90 Å². The summed E-state index contributed by atoms with van der Waals surface area (Å²) < 4.78 is 4.75. The molecular formula is C25H30N4O4. The number of ether oxygens (including phenoxy) is 1. The molecule has 8 nitrogen and oxygen atoms in total. The Morgan fingerprint density at radius 2 is 1.73 bits per heavy atom. The monoisotopic (exact) mass is 450 g/mol. The summed E-state index contributed by atoms with van der Waals surface area (Å²) in [4.78, 5) is 40.3. The lowest BCUT2D eigenvalue weighted by Gasteiger charge is -2.22. The molecule has 174 valence electrons. The van der Waals surface area contributed by atoms with Crippen LogP contribution in [0, 0.1) is 0 Å². The Labute approximate surface area is 194 Å². The van der Waals surface area contributed by atoms with Gasteiger partial charge in [0.25, 0.3) is 5.91 Å². The Balaban J connectivity index is 1.78. The topological polar surface area (TPSA) is 91.0 Å². The predicted octanol–water partition coefficient (Wildman–Crippen LogP) is 3.57. The van der Waals surface area contributed by atoms with E-state index in [0.717, 1.165) is 29.9 Å². The van der Waals surface area contributed by atoms with Gasteiger partial charge in [0.15, 0.2) is 0 Å². The van der Waals surface area contributed by atoms with Gasteiger partial charge in [0.2, 0.25) is 5.91 Å². The second kappa shape index (κ2) is 10.3. The van der Waals surface area contributed by atoms with Gasteiger partial charge in [-0.25, -0.2) is 4.79 Å². The normalized spacial score (nSPS) is 13.9. The molecule has 1 heterocycles. The highest BCUT2D eigenvalue weighted by Gasteiger charge is 2.27. The van der Waals surface area contributed by atoms with E-state index in [4.69, 9.17) is 4.74 Å². The smallest absolute Gasteiger partial charge is 0.337 e. The van der Waals surface area contributed by atoms with Crippen molar-refractivity contribution in [2.45, 2.75) is 20.3 Å². The molecule has 2 aromatic carbocycles. The molecular weight excluding hydrogens is 420 g/mol. The molecule has 1 aliphatic rings. The fourth-order valence-corrected chi connectivity index (χ4v) is 3.81. The maximum Gasteiger partial charge on any atom is 0.337 e. The number of fused-ring (bicyclic) bond motifs is 1. The molecule has 0 aromatic heterocycles. The number of anilines is 3. The van der Waals surface area contributed by atoms with Crippen molar-refractivity contribution in [2.75, 3.05) is 49.8 Å². The Hall–Kier alpha value is -3.65. The molecule has 2 amide bonds. The first-order chi connectivity index (χ1) is 15.7. The van der Waals surface area contributed by atoms with Gasteiger partial charge in [-0.2, -0.15) is 0 Å². The number of amides is 2. The van der Waals surface area contributed by atoms with Crippen molar-refractivity contribution in [2.24, 2.45) is 0 Å². The molecule has 0 fully saturated rings. The van der Waals surface area contributed by atoms with E-state index in [-0.39, 0.29) is 11.8 Å². The van der Waals surface area contributed by atoms with Crippen LogP contribution >= 0.6 is 0 Å². The minimum atomic E-state index is -0.458. The predicted molar refractivity (Wildman–Crippen MR) is 130 cm³/mol. The standard InChI is InChI=1S/C25H30N4O4/c1-16(23-21-12-7-18(25(32)33-5)15-22(21)27-24(23)31)26-19-8-10-20(11-9-19)29(17(2)30)14-6-13-28(3)4/h7-12,15,26H,6,13-14H2,1-5H3,(H,27,31). The number of esters is 1. The van der Waals surface area contributed by atoms with Gasteiger partial charge < -0.3 is 25.2 Å². The molecule has 0 atom stereocenters. The summed E-state index contributed by atoms with van der Waals surface area (Å²) in [5, 5.41) is 6.08. The molecule has 8 heteroatoms. The molecule has 1 aliphatic heterocycles. The summed E-state index contributed by atoms with van der Waals surface area (Å²) in [7, 11) is 5.34. The van der Waals surface area contributed by atoms with E-state index in [1.54, 1.807) is 30.0 Å². The van der Waals surface area contributed by atoms with Crippen molar-refractivity contribution in [1.29, 1.82) is 0 Å². The number of methoxy groups -OCH3 is 1. The number of carbonyl (C=O) groups is 3. The quantitative estimate of drug-likeness (QED) is 0.472. The van der Waals surface area contributed by atoms with E-state index in [2.05, 4.69) is 15.5 Å². The lowest BCUT2D eigenvalue weighted by molar-refractivity contribution is -0.116. The van der Waals surface area contributed by atoms with Gasteiger partial charge >= 0.3 is 5.97 Å². The zero-order chi connectivity index (χ0) is 24.1. The number of rotatable bonds is 8. The Kier molecular flexibility index (Phi) is 7.50. The molecule has 0 aliphatic carbocycles. The second-order valence-corrected chi connectivity index (χ2v) is 8.21. The van der Waals surface area contributed by atoms with Crippen LogP contribution in [0.25, 0.3) is 5.57 Å². The molecule has 3 rings (SSSR count). The third kappa shape index (κ3) is 5.59. The van der Waals surface area contributed by atoms with E-state index in [0.29, 0.717) is 29.1 Å². The van der Waals surface area contributed by atoms with Gasteiger partial charge in [-0.3, -0.25) is 9.59 Å². The molecule has 0 saturated heterocycles. The van der Waals surface area contributed by atoms with Crippen LogP contribution < -0.4 is 15.5 Å². The summed E-state index contributed by atoms with van der Waals surface area (Å²) in [6.07, 6.45) is 0.879. The maximum absolute atomic E-state index is 12.6. The van der Waals surface area contributed by atoms with Gasteiger partial charge in [-0.1, -0.05) is 6.07 Å². The summed E-state index contributed by atoms with van der Waals surface area (Å²) in [5.41, 5.74) is 4.49. The summed E-state index contributed by atoms with van der Waals surface area (Å²) in [6, 6.07) is 12.5. The zero-order valence-electron chi connectivity index (χ0n) is 19.7. The minimum Gasteiger partial charge on any atom is -0.465 e. The molecule has 2 N–H and O–H groups in total. The van der Waals surface area contributed by atoms with Gasteiger partial charge in [0.05, 0.1) is 23.9 Å². The van der Waals surface area contributed by atoms with Crippen LogP contribution in [0.2, 0.25) is 0 Å². The molecule has 0 saturated carbocycles. The zero-order valence-corrected chi connectivity index (χ0v) is 19.7. The van der Waals surface area contributed by atoms with Gasteiger partial charge in [-0.15, -0.1) is 0 Å². The first-order valence-electron chi connectivity index (χ1n) is 10.8. The van der Waals surface area contributed by atoms with Crippen LogP contribution in [0.5, 0.6) is 0 Å². The average molecular weight is 451 g/mol. The Morgan fingerprint density at radius 3 is 2.33 bits per heavy atom. The van der Waals surface area contributed by atoms with E-state index >= 15 is 0 Å². The van der Waals surface area contributed by atoms with Gasteiger partial charge in [0.1, 0.15) is 0 Å². The number of nitrogens with zero attached hydrogens (tertiary/aromatic N) is 2. The third-order valence-electron chi connectivity index (χ3n) is 5.44. The fourth-order valence-electron chi connectivity index (χ4n) is 3.81. The van der Waals surface area contributed by atoms with Gasteiger partial charge in [0, 0.05) is 36.1 Å². The molecule has 0 bridgehead atoms. The maximum atomic E-state index is 12.6. The van der Waals surface area contributed by atoms with Crippen molar-refractivity contribution in [3.8, 4) is 0 Å². The first-order valence-corrected chi connectivity index (χ1v) is 10.8. The molecule has 33 heavy (non-hydrogen) atoms. The number of carbonyl (C=O) groups excluding carboxylic acids is 3. The van der Waals surface area contributed by atoms with Crippen molar-refractivity contribution in [3.05, 3.63) is 59.3 Å². The number of hydrogen-bond acceptors (Lipinski definition) is 6. The summed E-state index contributed by atoms with van der Waals surface area (Å²) >= 11 is 0. The Morgan fingerprint density at radius 1 is 1.03 bits per heavy atom. The summed E-state index contributed by atoms with van der Waals surface area (Å²) in [6.45, 7) is 4.95. The largest absolute Gasteiger partial charge is 0.465 e. The minimum absolute atomic E-state index is 0.00155. The summed E-state index contributed by atoms with van der Waals surface area (Å²) in [5.74, 6) is -0.698. The van der Waals surface area contributed by atoms with Crippen LogP contribution in [-0.2, 0) is 14.3 Å². The highest BCUT2D eigenvalue weighted by molar-refractivity contribution is 6.32. The number of nitrogens with one attached hydrogen (secondary N) is 2. The van der Waals surface area contributed by atoms with Crippen LogP contribution in [0.4, 0.5) is 17.1 Å². The lowest BCUT2D eigenvalue weighted by Crippen LogP contribution is -2.31. The molecule has 2 aromatic rings. The van der Waals surface area contributed by atoms with Crippen LogP contribution in [0.15, 0.2) is 48.2 Å². The van der Waals surface area contributed by atoms with Crippen LogP contribution in [0.3, 0.4) is 0 Å². The van der Waals surface area contributed by atoms with E-state index in [1.807, 2.05) is 45.3 Å².